The third kappa shape index (κ3) is 6.06. The van der Waals surface area contributed by atoms with Crippen molar-refractivity contribution in [2.45, 2.75) is 13.3 Å². The fourth-order valence-electron chi connectivity index (χ4n) is 1.46. The van der Waals surface area contributed by atoms with Gasteiger partial charge in [-0.2, -0.15) is 0 Å². The van der Waals surface area contributed by atoms with Gasteiger partial charge in [-0.05, 0) is 18.6 Å². The van der Waals surface area contributed by atoms with Crippen LogP contribution in [0.25, 0.3) is 6.08 Å². The number of para-hydroxylation sites is 1. The van der Waals surface area contributed by atoms with Crippen LogP contribution in [0.4, 0.5) is 0 Å². The van der Waals surface area contributed by atoms with Crippen LogP contribution in [0.1, 0.15) is 18.9 Å². The average Bonchev–Trinajstić information content (AvgIpc) is 2.44. The van der Waals surface area contributed by atoms with E-state index in [1.54, 1.807) is 13.2 Å². The van der Waals surface area contributed by atoms with Crippen molar-refractivity contribution in [1.82, 2.24) is 5.32 Å². The molecule has 1 aromatic carbocycles. The molecule has 0 atom stereocenters. The van der Waals surface area contributed by atoms with Crippen molar-refractivity contribution in [2.75, 3.05) is 26.9 Å². The van der Waals surface area contributed by atoms with E-state index in [4.69, 9.17) is 9.47 Å². The smallest absolute Gasteiger partial charge is 0.244 e. The maximum Gasteiger partial charge on any atom is 0.244 e. The number of hydrogen-bond donors (Lipinski definition) is 1. The van der Waals surface area contributed by atoms with Crippen molar-refractivity contribution < 1.29 is 14.3 Å². The van der Waals surface area contributed by atoms with E-state index in [2.05, 4.69) is 12.2 Å². The summed E-state index contributed by atoms with van der Waals surface area (Å²) in [6, 6.07) is 7.66. The molecule has 1 N–H and O–H groups in total. The summed E-state index contributed by atoms with van der Waals surface area (Å²) in [4.78, 5) is 11.5. The first-order valence-corrected chi connectivity index (χ1v) is 6.44. The molecule has 0 radical (unpaired) electrons. The SMILES string of the molecule is CCCOc1ccccc1/C=C/C(=O)NCCOC. The minimum absolute atomic E-state index is 0.137. The van der Waals surface area contributed by atoms with Crippen LogP contribution in [0.2, 0.25) is 0 Å². The van der Waals surface area contributed by atoms with E-state index in [1.807, 2.05) is 24.3 Å². The standard InChI is InChI=1S/C15H21NO3/c1-3-11-19-14-7-5-4-6-13(14)8-9-15(17)16-10-12-18-2/h4-9H,3,10-12H2,1-2H3,(H,16,17)/b9-8+. The lowest BCUT2D eigenvalue weighted by molar-refractivity contribution is -0.116. The molecule has 0 bridgehead atoms. The second-order valence-corrected chi connectivity index (χ2v) is 4.00. The van der Waals surface area contributed by atoms with Gasteiger partial charge in [-0.3, -0.25) is 4.79 Å². The third-order valence-electron chi connectivity index (χ3n) is 2.40. The normalized spacial score (nSPS) is 10.6. The molecule has 0 aliphatic carbocycles. The summed E-state index contributed by atoms with van der Waals surface area (Å²) >= 11 is 0. The number of benzene rings is 1. The highest BCUT2D eigenvalue weighted by Crippen LogP contribution is 2.19. The van der Waals surface area contributed by atoms with Crippen LogP contribution in [0.15, 0.2) is 30.3 Å². The molecule has 0 aromatic heterocycles. The molecule has 1 amide bonds. The molecule has 0 fully saturated rings. The zero-order valence-corrected chi connectivity index (χ0v) is 11.5. The Hall–Kier alpha value is -1.81. The zero-order valence-electron chi connectivity index (χ0n) is 11.5. The number of carbonyl (C=O) groups is 1. The van der Waals surface area contributed by atoms with E-state index in [0.29, 0.717) is 19.8 Å². The monoisotopic (exact) mass is 263 g/mol. The Balaban J connectivity index is 2.57. The van der Waals surface area contributed by atoms with E-state index in [-0.39, 0.29) is 5.91 Å². The highest BCUT2D eigenvalue weighted by Gasteiger charge is 2.00. The van der Waals surface area contributed by atoms with Crippen LogP contribution in [0.5, 0.6) is 5.75 Å². The third-order valence-corrected chi connectivity index (χ3v) is 2.40. The Morgan fingerprint density at radius 1 is 1.32 bits per heavy atom. The van der Waals surface area contributed by atoms with Crippen LogP contribution in [-0.4, -0.2) is 32.8 Å². The number of nitrogens with one attached hydrogen (secondary N) is 1. The summed E-state index contributed by atoms with van der Waals surface area (Å²) in [5.41, 5.74) is 0.901. The predicted molar refractivity (Wildman–Crippen MR) is 76.1 cm³/mol. The molecular weight excluding hydrogens is 242 g/mol. The number of hydrogen-bond acceptors (Lipinski definition) is 3. The largest absolute Gasteiger partial charge is 0.493 e. The summed E-state index contributed by atoms with van der Waals surface area (Å²) in [6.07, 6.45) is 4.21. The number of ether oxygens (including phenoxy) is 2. The van der Waals surface area contributed by atoms with E-state index >= 15 is 0 Å². The summed E-state index contributed by atoms with van der Waals surface area (Å²) in [6.45, 7) is 3.75. The lowest BCUT2D eigenvalue weighted by atomic mass is 10.2. The van der Waals surface area contributed by atoms with Gasteiger partial charge in [0.05, 0.1) is 13.2 Å². The highest BCUT2D eigenvalue weighted by molar-refractivity contribution is 5.92. The average molecular weight is 263 g/mol. The fourth-order valence-corrected chi connectivity index (χ4v) is 1.46. The maximum atomic E-state index is 11.5. The van der Waals surface area contributed by atoms with Crippen LogP contribution >= 0.6 is 0 Å². The summed E-state index contributed by atoms with van der Waals surface area (Å²) in [7, 11) is 1.60. The molecule has 0 saturated heterocycles. The Bertz CT molecular complexity index is 416. The van der Waals surface area contributed by atoms with Crippen LogP contribution in [0, 0.1) is 0 Å². The van der Waals surface area contributed by atoms with Crippen molar-refractivity contribution in [3.05, 3.63) is 35.9 Å². The molecule has 0 aliphatic rings. The van der Waals surface area contributed by atoms with Crippen LogP contribution < -0.4 is 10.1 Å². The van der Waals surface area contributed by atoms with Gasteiger partial charge in [0.2, 0.25) is 5.91 Å². The Labute approximate surface area is 114 Å². The Kier molecular flexibility index (Phi) is 7.35. The highest BCUT2D eigenvalue weighted by atomic mass is 16.5. The van der Waals surface area contributed by atoms with Gasteiger partial charge < -0.3 is 14.8 Å². The summed E-state index contributed by atoms with van der Waals surface area (Å²) in [5.74, 6) is 0.660. The summed E-state index contributed by atoms with van der Waals surface area (Å²) < 4.78 is 10.5. The van der Waals surface area contributed by atoms with Gasteiger partial charge in [0.1, 0.15) is 5.75 Å². The minimum Gasteiger partial charge on any atom is -0.493 e. The first-order valence-electron chi connectivity index (χ1n) is 6.44. The van der Waals surface area contributed by atoms with Crippen molar-refractivity contribution in [1.29, 1.82) is 0 Å². The molecule has 1 aromatic rings. The molecule has 104 valence electrons. The molecule has 0 saturated carbocycles. The molecule has 0 unspecified atom stereocenters. The zero-order chi connectivity index (χ0) is 13.9. The Morgan fingerprint density at radius 3 is 2.84 bits per heavy atom. The second kappa shape index (κ2) is 9.16. The van der Waals surface area contributed by atoms with Crippen molar-refractivity contribution in [3.63, 3.8) is 0 Å². The Morgan fingerprint density at radius 2 is 2.11 bits per heavy atom. The molecule has 0 spiro atoms. The van der Waals surface area contributed by atoms with Gasteiger partial charge in [-0.1, -0.05) is 25.1 Å². The fraction of sp³-hybridized carbons (Fsp3) is 0.400. The molecule has 0 aliphatic heterocycles. The lowest BCUT2D eigenvalue weighted by Gasteiger charge is -2.07. The van der Waals surface area contributed by atoms with Crippen LogP contribution in [0.3, 0.4) is 0 Å². The molecule has 19 heavy (non-hydrogen) atoms. The molecule has 1 rings (SSSR count). The van der Waals surface area contributed by atoms with Gasteiger partial charge in [-0.15, -0.1) is 0 Å². The van der Waals surface area contributed by atoms with Gasteiger partial charge in [0, 0.05) is 25.3 Å². The summed E-state index contributed by atoms with van der Waals surface area (Å²) in [5, 5.41) is 2.72. The second-order valence-electron chi connectivity index (χ2n) is 4.00. The molecule has 0 heterocycles. The number of carbonyl (C=O) groups excluding carboxylic acids is 1. The van der Waals surface area contributed by atoms with E-state index in [9.17, 15) is 4.79 Å². The first kappa shape index (κ1) is 15.2. The van der Waals surface area contributed by atoms with E-state index < -0.39 is 0 Å². The van der Waals surface area contributed by atoms with E-state index in [0.717, 1.165) is 17.7 Å². The van der Waals surface area contributed by atoms with Gasteiger partial charge in [-0.25, -0.2) is 0 Å². The van der Waals surface area contributed by atoms with Gasteiger partial charge in [0.25, 0.3) is 0 Å². The maximum absolute atomic E-state index is 11.5. The minimum atomic E-state index is -0.137. The van der Waals surface area contributed by atoms with Gasteiger partial charge >= 0.3 is 0 Å². The first-order chi connectivity index (χ1) is 9.27. The topological polar surface area (TPSA) is 47.6 Å². The quantitative estimate of drug-likeness (QED) is 0.578. The van der Waals surface area contributed by atoms with Crippen molar-refractivity contribution >= 4 is 12.0 Å². The van der Waals surface area contributed by atoms with Crippen molar-refractivity contribution in [2.24, 2.45) is 0 Å². The lowest BCUT2D eigenvalue weighted by Crippen LogP contribution is -2.24. The number of methoxy groups -OCH3 is 1. The number of amides is 1. The molecular formula is C15H21NO3. The number of rotatable bonds is 8. The molecule has 4 nitrogen and oxygen atoms in total. The van der Waals surface area contributed by atoms with Gasteiger partial charge in [0.15, 0.2) is 0 Å². The predicted octanol–water partition coefficient (Wildman–Crippen LogP) is 2.25. The van der Waals surface area contributed by atoms with E-state index in [1.165, 1.54) is 6.08 Å². The molecule has 4 heteroatoms. The van der Waals surface area contributed by atoms with Crippen molar-refractivity contribution in [3.8, 4) is 5.75 Å². The van der Waals surface area contributed by atoms with Crippen LogP contribution in [-0.2, 0) is 9.53 Å².